The van der Waals surface area contributed by atoms with Crippen LogP contribution >= 0.6 is 0 Å². The van der Waals surface area contributed by atoms with Gasteiger partial charge in [-0.2, -0.15) is 0 Å². The molecule has 1 heterocycles. The lowest BCUT2D eigenvalue weighted by atomic mass is 9.76. The van der Waals surface area contributed by atoms with Gasteiger partial charge in [0.25, 0.3) is 0 Å². The van der Waals surface area contributed by atoms with Gasteiger partial charge in [0.15, 0.2) is 0 Å². The average molecular weight is 344 g/mol. The Morgan fingerprint density at radius 1 is 1.08 bits per heavy atom. The molecule has 0 radical (unpaired) electrons. The van der Waals surface area contributed by atoms with Gasteiger partial charge in [-0.3, -0.25) is 0 Å². The van der Waals surface area contributed by atoms with Crippen molar-refractivity contribution in [1.29, 1.82) is 0 Å². The maximum absolute atomic E-state index is 6.28. The van der Waals surface area contributed by atoms with E-state index in [9.17, 15) is 0 Å². The Labute approximate surface area is 149 Å². The molecule has 24 heavy (non-hydrogen) atoms. The van der Waals surface area contributed by atoms with Gasteiger partial charge in [0, 0.05) is 0 Å². The molecular formula is C20H33BO2Si. The third kappa shape index (κ3) is 3.56. The van der Waals surface area contributed by atoms with Crippen LogP contribution in [0, 0.1) is 0 Å². The van der Waals surface area contributed by atoms with Crippen LogP contribution in [0.3, 0.4) is 0 Å². The fourth-order valence-electron chi connectivity index (χ4n) is 3.53. The second-order valence-corrected chi connectivity index (χ2v) is 13.3. The molecule has 0 bridgehead atoms. The number of hydrogen-bond acceptors (Lipinski definition) is 2. The molecule has 0 aliphatic carbocycles. The lowest BCUT2D eigenvalue weighted by Gasteiger charge is -2.35. The second kappa shape index (κ2) is 6.81. The summed E-state index contributed by atoms with van der Waals surface area (Å²) in [5.74, 6) is 0. The highest BCUT2D eigenvalue weighted by Gasteiger charge is 2.54. The molecular weight excluding hydrogens is 311 g/mol. The molecule has 1 aromatic rings. The van der Waals surface area contributed by atoms with Gasteiger partial charge < -0.3 is 9.31 Å². The predicted octanol–water partition coefficient (Wildman–Crippen LogP) is 4.96. The fourth-order valence-corrected chi connectivity index (χ4v) is 7.05. The van der Waals surface area contributed by atoms with E-state index in [1.54, 1.807) is 0 Å². The van der Waals surface area contributed by atoms with Gasteiger partial charge in [-0.25, -0.2) is 0 Å². The SMILES string of the molecule is C=C(B1OC(C)(C)C(C)(C)O1)C(CCC)[Si](C)(C)c1ccccc1. The van der Waals surface area contributed by atoms with E-state index in [1.807, 2.05) is 0 Å². The summed E-state index contributed by atoms with van der Waals surface area (Å²) < 4.78 is 12.6. The van der Waals surface area contributed by atoms with Crippen molar-refractivity contribution in [3.8, 4) is 0 Å². The van der Waals surface area contributed by atoms with E-state index >= 15 is 0 Å². The third-order valence-electron chi connectivity index (χ3n) is 5.97. The summed E-state index contributed by atoms with van der Waals surface area (Å²) in [5.41, 5.74) is 0.946. The minimum atomic E-state index is -1.71. The van der Waals surface area contributed by atoms with Crippen LogP contribution in [0.15, 0.2) is 42.4 Å². The molecule has 0 spiro atoms. The predicted molar refractivity (Wildman–Crippen MR) is 107 cm³/mol. The van der Waals surface area contributed by atoms with Crippen LogP contribution < -0.4 is 5.19 Å². The number of allylic oxidation sites excluding steroid dienone is 1. The van der Waals surface area contributed by atoms with E-state index in [0.717, 1.165) is 18.3 Å². The Balaban J connectivity index is 2.30. The molecule has 0 N–H and O–H groups in total. The quantitative estimate of drug-likeness (QED) is 0.679. The van der Waals surface area contributed by atoms with E-state index in [2.05, 4.69) is 84.6 Å². The first kappa shape index (κ1) is 19.5. The first-order valence-corrected chi connectivity index (χ1v) is 12.2. The summed E-state index contributed by atoms with van der Waals surface area (Å²) >= 11 is 0. The second-order valence-electron chi connectivity index (χ2n) is 8.59. The van der Waals surface area contributed by atoms with Gasteiger partial charge in [0.2, 0.25) is 0 Å². The summed E-state index contributed by atoms with van der Waals surface area (Å²) in [5, 5.41) is 1.47. The third-order valence-corrected chi connectivity index (χ3v) is 10.2. The molecule has 1 saturated heterocycles. The van der Waals surface area contributed by atoms with Gasteiger partial charge in [0.05, 0.1) is 19.3 Å². The normalized spacial score (nSPS) is 20.9. The van der Waals surface area contributed by atoms with Crippen molar-refractivity contribution in [3.63, 3.8) is 0 Å². The first-order valence-electron chi connectivity index (χ1n) is 9.13. The molecule has 0 amide bonds. The van der Waals surface area contributed by atoms with E-state index < -0.39 is 8.07 Å². The van der Waals surface area contributed by atoms with E-state index in [1.165, 1.54) is 5.19 Å². The minimum Gasteiger partial charge on any atom is -0.400 e. The highest BCUT2D eigenvalue weighted by atomic mass is 28.3. The van der Waals surface area contributed by atoms with Gasteiger partial charge in [-0.05, 0) is 45.1 Å². The van der Waals surface area contributed by atoms with Crippen molar-refractivity contribution < 1.29 is 9.31 Å². The fraction of sp³-hybridized carbons (Fsp3) is 0.600. The van der Waals surface area contributed by atoms with Crippen molar-refractivity contribution in [2.24, 2.45) is 0 Å². The summed E-state index contributed by atoms with van der Waals surface area (Å²) in [6, 6.07) is 10.9. The summed E-state index contributed by atoms with van der Waals surface area (Å²) in [6.07, 6.45) is 2.28. The maximum atomic E-state index is 6.28. The van der Waals surface area contributed by atoms with E-state index in [-0.39, 0.29) is 18.3 Å². The smallest absolute Gasteiger partial charge is 0.400 e. The molecule has 1 unspecified atom stereocenters. The zero-order valence-corrected chi connectivity index (χ0v) is 17.5. The molecule has 4 heteroatoms. The Morgan fingerprint density at radius 2 is 1.58 bits per heavy atom. The largest absolute Gasteiger partial charge is 0.489 e. The van der Waals surface area contributed by atoms with Gasteiger partial charge in [-0.15, -0.1) is 6.58 Å². The first-order chi connectivity index (χ1) is 11.0. The van der Waals surface area contributed by atoms with Crippen molar-refractivity contribution in [2.75, 3.05) is 0 Å². The summed E-state index contributed by atoms with van der Waals surface area (Å²) in [6.45, 7) is 20.0. The van der Waals surface area contributed by atoms with Crippen LogP contribution in [0.25, 0.3) is 0 Å². The molecule has 132 valence electrons. The highest BCUT2D eigenvalue weighted by Crippen LogP contribution is 2.43. The molecule has 2 rings (SSSR count). The molecule has 0 saturated carbocycles. The highest BCUT2D eigenvalue weighted by molar-refractivity contribution is 6.92. The van der Waals surface area contributed by atoms with Crippen LogP contribution in [0.4, 0.5) is 0 Å². The molecule has 1 aliphatic rings. The van der Waals surface area contributed by atoms with E-state index in [0.29, 0.717) is 5.54 Å². The van der Waals surface area contributed by atoms with Crippen molar-refractivity contribution in [1.82, 2.24) is 0 Å². The lowest BCUT2D eigenvalue weighted by Crippen LogP contribution is -2.48. The Hall–Kier alpha value is -0.838. The van der Waals surface area contributed by atoms with Crippen LogP contribution in [0.1, 0.15) is 47.5 Å². The average Bonchev–Trinajstić information content (AvgIpc) is 2.73. The minimum absolute atomic E-state index is 0.304. The van der Waals surface area contributed by atoms with Crippen molar-refractivity contribution in [3.05, 3.63) is 42.4 Å². The maximum Gasteiger partial charge on any atom is 0.489 e. The van der Waals surface area contributed by atoms with Crippen LogP contribution in [0.2, 0.25) is 18.6 Å². The molecule has 1 aliphatic heterocycles. The Bertz CT molecular complexity index is 565. The Kier molecular flexibility index (Phi) is 5.53. The Morgan fingerprint density at radius 3 is 2.04 bits per heavy atom. The summed E-state index contributed by atoms with van der Waals surface area (Å²) in [4.78, 5) is 0. The number of hydrogen-bond donors (Lipinski definition) is 0. The van der Waals surface area contributed by atoms with Gasteiger partial charge >= 0.3 is 7.12 Å². The molecule has 0 aromatic heterocycles. The number of benzene rings is 1. The topological polar surface area (TPSA) is 18.5 Å². The molecule has 1 aromatic carbocycles. The molecule has 1 atom stereocenters. The van der Waals surface area contributed by atoms with Crippen LogP contribution in [0.5, 0.6) is 0 Å². The van der Waals surface area contributed by atoms with Crippen LogP contribution in [-0.4, -0.2) is 26.4 Å². The zero-order valence-electron chi connectivity index (χ0n) is 16.5. The monoisotopic (exact) mass is 344 g/mol. The van der Waals surface area contributed by atoms with E-state index in [4.69, 9.17) is 9.31 Å². The molecule has 2 nitrogen and oxygen atoms in total. The van der Waals surface area contributed by atoms with Crippen LogP contribution in [-0.2, 0) is 9.31 Å². The van der Waals surface area contributed by atoms with Gasteiger partial charge in [0.1, 0.15) is 0 Å². The summed E-state index contributed by atoms with van der Waals surface area (Å²) in [7, 11) is -2.02. The standard InChI is InChI=1S/C20H33BO2Si/c1-9-13-18(24(7,8)17-14-11-10-12-15-17)16(2)21-22-19(3,4)20(5,6)23-21/h10-12,14-15,18H,2,9,13H2,1,3-8H3. The van der Waals surface area contributed by atoms with Crippen molar-refractivity contribution >= 4 is 20.4 Å². The number of rotatable bonds is 6. The zero-order chi connectivity index (χ0) is 18.2. The van der Waals surface area contributed by atoms with Gasteiger partial charge in [-0.1, -0.05) is 62.0 Å². The lowest BCUT2D eigenvalue weighted by molar-refractivity contribution is 0.00578. The molecule has 1 fully saturated rings. The van der Waals surface area contributed by atoms with Crippen molar-refractivity contribution in [2.45, 2.75) is 77.3 Å².